The van der Waals surface area contributed by atoms with Crippen LogP contribution in [0.2, 0.25) is 0 Å². The fourth-order valence-electron chi connectivity index (χ4n) is 1.89. The highest BCUT2D eigenvalue weighted by Crippen LogP contribution is 2.23. The van der Waals surface area contributed by atoms with E-state index in [1.165, 1.54) is 12.1 Å². The molecule has 0 aliphatic carbocycles. The van der Waals surface area contributed by atoms with E-state index in [-0.39, 0.29) is 12.0 Å². The predicted octanol–water partition coefficient (Wildman–Crippen LogP) is 3.35. The van der Waals surface area contributed by atoms with Crippen LogP contribution in [0.1, 0.15) is 42.5 Å². The fraction of sp³-hybridized carbons (Fsp3) is 0.467. The minimum atomic E-state index is -4.80. The molecule has 8 heteroatoms. The zero-order valence-corrected chi connectivity index (χ0v) is 12.4. The number of carbonyl (C=O) groups is 2. The van der Waals surface area contributed by atoms with Crippen LogP contribution in [0.3, 0.4) is 0 Å². The van der Waals surface area contributed by atoms with E-state index in [0.717, 1.165) is 25.0 Å². The van der Waals surface area contributed by atoms with Crippen LogP contribution in [-0.4, -0.2) is 29.9 Å². The molecule has 0 radical (unpaired) electrons. The van der Waals surface area contributed by atoms with E-state index in [1.54, 1.807) is 0 Å². The van der Waals surface area contributed by atoms with E-state index in [2.05, 4.69) is 10.1 Å². The summed E-state index contributed by atoms with van der Waals surface area (Å²) in [4.78, 5) is 22.1. The first-order valence-corrected chi connectivity index (χ1v) is 7.14. The zero-order chi connectivity index (χ0) is 17.3. The van der Waals surface area contributed by atoms with Gasteiger partial charge in [-0.15, -0.1) is 13.2 Å². The molecule has 1 rings (SSSR count). The average molecular weight is 333 g/mol. The van der Waals surface area contributed by atoms with E-state index < -0.39 is 24.0 Å². The molecular formula is C15H18F3NO4. The number of alkyl halides is 3. The molecule has 0 heterocycles. The number of hydrogen-bond acceptors (Lipinski definition) is 3. The molecule has 128 valence electrons. The van der Waals surface area contributed by atoms with Crippen molar-refractivity contribution in [2.75, 3.05) is 6.54 Å². The molecule has 0 fully saturated rings. The van der Waals surface area contributed by atoms with Crippen molar-refractivity contribution in [2.45, 2.75) is 38.5 Å². The maximum absolute atomic E-state index is 12.1. The molecule has 2 N–H and O–H groups in total. The number of hydrogen-bond donors (Lipinski definition) is 2. The van der Waals surface area contributed by atoms with Crippen molar-refractivity contribution in [3.05, 3.63) is 29.8 Å². The number of ether oxygens (including phenoxy) is 1. The standard InChI is InChI=1S/C15H18F3NO4/c16-15(17,18)23-12-7-5-6-11(10-12)14(22)19-9-4-2-1-3-8-13(20)21/h5-7,10H,1-4,8-9H2,(H,19,22)(H,20,21). The van der Waals surface area contributed by atoms with Gasteiger partial charge in [0.05, 0.1) is 0 Å². The summed E-state index contributed by atoms with van der Waals surface area (Å²) >= 11 is 0. The fourth-order valence-corrected chi connectivity index (χ4v) is 1.89. The highest BCUT2D eigenvalue weighted by atomic mass is 19.4. The molecule has 0 saturated heterocycles. The molecule has 0 aliphatic heterocycles. The second-order valence-corrected chi connectivity index (χ2v) is 4.89. The minimum Gasteiger partial charge on any atom is -0.481 e. The maximum Gasteiger partial charge on any atom is 0.573 e. The number of rotatable bonds is 9. The lowest BCUT2D eigenvalue weighted by Crippen LogP contribution is -2.24. The van der Waals surface area contributed by atoms with Crippen molar-refractivity contribution < 1.29 is 32.6 Å². The largest absolute Gasteiger partial charge is 0.573 e. The first-order chi connectivity index (χ1) is 10.8. The number of nitrogens with one attached hydrogen (secondary N) is 1. The van der Waals surface area contributed by atoms with Crippen LogP contribution in [0.4, 0.5) is 13.2 Å². The van der Waals surface area contributed by atoms with Gasteiger partial charge in [0, 0.05) is 18.5 Å². The second-order valence-electron chi connectivity index (χ2n) is 4.89. The number of aliphatic carboxylic acids is 1. The average Bonchev–Trinajstić information content (AvgIpc) is 2.44. The van der Waals surface area contributed by atoms with Gasteiger partial charge in [0.1, 0.15) is 5.75 Å². The van der Waals surface area contributed by atoms with Gasteiger partial charge in [-0.2, -0.15) is 0 Å². The van der Waals surface area contributed by atoms with Gasteiger partial charge in [-0.25, -0.2) is 0 Å². The minimum absolute atomic E-state index is 0.0811. The van der Waals surface area contributed by atoms with Crippen LogP contribution < -0.4 is 10.1 Å². The number of carbonyl (C=O) groups excluding carboxylic acids is 1. The quantitative estimate of drug-likeness (QED) is 0.680. The molecule has 0 aromatic heterocycles. The van der Waals surface area contributed by atoms with Crippen LogP contribution in [0.25, 0.3) is 0 Å². The Labute approximate surface area is 131 Å². The summed E-state index contributed by atoms with van der Waals surface area (Å²) in [5.74, 6) is -1.76. The van der Waals surface area contributed by atoms with E-state index >= 15 is 0 Å². The lowest BCUT2D eigenvalue weighted by atomic mass is 10.1. The number of carboxylic acids is 1. The highest BCUT2D eigenvalue weighted by molar-refractivity contribution is 5.94. The van der Waals surface area contributed by atoms with Gasteiger partial charge in [-0.3, -0.25) is 9.59 Å². The molecule has 1 amide bonds. The Balaban J connectivity index is 2.32. The van der Waals surface area contributed by atoms with Crippen LogP contribution in [0.15, 0.2) is 24.3 Å². The molecule has 1 aromatic carbocycles. The van der Waals surface area contributed by atoms with Gasteiger partial charge >= 0.3 is 12.3 Å². The van der Waals surface area contributed by atoms with Crippen LogP contribution >= 0.6 is 0 Å². The first kappa shape index (κ1) is 18.8. The van der Waals surface area contributed by atoms with Crippen molar-refractivity contribution in [1.82, 2.24) is 5.32 Å². The van der Waals surface area contributed by atoms with Gasteiger partial charge in [0.15, 0.2) is 0 Å². The molecule has 0 unspecified atom stereocenters. The van der Waals surface area contributed by atoms with E-state index in [0.29, 0.717) is 19.4 Å². The smallest absolute Gasteiger partial charge is 0.481 e. The molecule has 1 aromatic rings. The Hall–Kier alpha value is -2.25. The summed E-state index contributed by atoms with van der Waals surface area (Å²) in [7, 11) is 0. The summed E-state index contributed by atoms with van der Waals surface area (Å²) < 4.78 is 40.1. The van der Waals surface area contributed by atoms with Crippen molar-refractivity contribution in [3.63, 3.8) is 0 Å². The van der Waals surface area contributed by atoms with Gasteiger partial charge in [-0.05, 0) is 31.0 Å². The van der Waals surface area contributed by atoms with Crippen LogP contribution in [0, 0.1) is 0 Å². The third kappa shape index (κ3) is 8.70. The number of amides is 1. The monoisotopic (exact) mass is 333 g/mol. The van der Waals surface area contributed by atoms with Crippen LogP contribution in [0.5, 0.6) is 5.75 Å². The lowest BCUT2D eigenvalue weighted by Gasteiger charge is -2.10. The molecule has 0 spiro atoms. The number of unbranched alkanes of at least 4 members (excludes halogenated alkanes) is 3. The van der Waals surface area contributed by atoms with Gasteiger partial charge in [0.25, 0.3) is 5.91 Å². The summed E-state index contributed by atoms with van der Waals surface area (Å²) in [6, 6.07) is 4.84. The summed E-state index contributed by atoms with van der Waals surface area (Å²) in [6.45, 7) is 0.371. The van der Waals surface area contributed by atoms with E-state index in [1.807, 2.05) is 0 Å². The molecule has 0 atom stereocenters. The Kier molecular flexibility index (Phi) is 7.37. The maximum atomic E-state index is 12.1. The molecule has 5 nitrogen and oxygen atoms in total. The number of carboxylic acid groups (broad SMARTS) is 1. The summed E-state index contributed by atoms with van der Waals surface area (Å²) in [5, 5.41) is 11.1. The van der Waals surface area contributed by atoms with Crippen molar-refractivity contribution in [1.29, 1.82) is 0 Å². The lowest BCUT2D eigenvalue weighted by molar-refractivity contribution is -0.274. The first-order valence-electron chi connectivity index (χ1n) is 7.14. The van der Waals surface area contributed by atoms with E-state index in [9.17, 15) is 22.8 Å². The SMILES string of the molecule is O=C(O)CCCCCCNC(=O)c1cccc(OC(F)(F)F)c1. The molecule has 0 saturated carbocycles. The normalized spacial score (nSPS) is 11.1. The molecule has 23 heavy (non-hydrogen) atoms. The van der Waals surface area contributed by atoms with Crippen molar-refractivity contribution in [3.8, 4) is 5.75 Å². The summed E-state index contributed by atoms with van der Waals surface area (Å²) in [6.07, 6.45) is -1.91. The summed E-state index contributed by atoms with van der Waals surface area (Å²) in [5.41, 5.74) is 0.0811. The van der Waals surface area contributed by atoms with Crippen molar-refractivity contribution in [2.24, 2.45) is 0 Å². The van der Waals surface area contributed by atoms with Crippen LogP contribution in [-0.2, 0) is 4.79 Å². The zero-order valence-electron chi connectivity index (χ0n) is 12.4. The van der Waals surface area contributed by atoms with Gasteiger partial charge < -0.3 is 15.2 Å². The Morgan fingerprint density at radius 2 is 1.83 bits per heavy atom. The molecular weight excluding hydrogens is 315 g/mol. The molecule has 0 aliphatic rings. The van der Waals surface area contributed by atoms with Crippen molar-refractivity contribution >= 4 is 11.9 Å². The topological polar surface area (TPSA) is 75.6 Å². The molecule has 0 bridgehead atoms. The Morgan fingerprint density at radius 1 is 1.13 bits per heavy atom. The Bertz CT molecular complexity index is 532. The van der Waals surface area contributed by atoms with E-state index in [4.69, 9.17) is 5.11 Å². The van der Waals surface area contributed by atoms with Gasteiger partial charge in [-0.1, -0.05) is 18.9 Å². The van der Waals surface area contributed by atoms with Gasteiger partial charge in [0.2, 0.25) is 0 Å². The third-order valence-corrected chi connectivity index (χ3v) is 2.93. The highest BCUT2D eigenvalue weighted by Gasteiger charge is 2.31. The number of halogens is 3. The Morgan fingerprint density at radius 3 is 2.48 bits per heavy atom. The second kappa shape index (κ2) is 9.02. The third-order valence-electron chi connectivity index (χ3n) is 2.93. The predicted molar refractivity (Wildman–Crippen MR) is 76.2 cm³/mol. The number of benzene rings is 1.